The van der Waals surface area contributed by atoms with Crippen LogP contribution in [0.25, 0.3) is 10.8 Å². The fourth-order valence-electron chi connectivity index (χ4n) is 4.03. The summed E-state index contributed by atoms with van der Waals surface area (Å²) in [5.41, 5.74) is 1.37. The first-order valence-corrected chi connectivity index (χ1v) is 12.8. The third kappa shape index (κ3) is 8.32. The molecule has 0 bridgehead atoms. The number of carbonyl (C=O) groups is 2. The minimum atomic E-state index is -0.839. The number of ether oxygens (including phenoxy) is 3. The third-order valence-corrected chi connectivity index (χ3v) is 6.00. The lowest BCUT2D eigenvalue weighted by Gasteiger charge is -2.31. The highest BCUT2D eigenvalue weighted by Crippen LogP contribution is 2.25. The minimum absolute atomic E-state index is 0.279. The Hall–Kier alpha value is -3.38. The van der Waals surface area contributed by atoms with E-state index in [-0.39, 0.29) is 12.5 Å². The van der Waals surface area contributed by atoms with E-state index >= 15 is 0 Å². The molecule has 3 rings (SSSR count). The standard InChI is InChI=1S/C31H39NO5/c1-21(2)19-36-26-15-12-22(13-16-26)18-27(30(34)35-6)32-29(33)28(31(3,4)5)37-20-23-11-14-24-9-7-8-10-25(24)17-23/h7-17,21,27-28H,18-20H2,1-6H3,(H,32,33)/t27?,28-/m1/s1. The van der Waals surface area contributed by atoms with E-state index in [1.165, 1.54) is 7.11 Å². The summed E-state index contributed by atoms with van der Waals surface area (Å²) in [6, 6.07) is 20.9. The van der Waals surface area contributed by atoms with E-state index in [1.54, 1.807) is 0 Å². The van der Waals surface area contributed by atoms with Crippen molar-refractivity contribution in [1.82, 2.24) is 5.32 Å². The van der Waals surface area contributed by atoms with E-state index in [4.69, 9.17) is 14.2 Å². The van der Waals surface area contributed by atoms with Crippen LogP contribution in [0.5, 0.6) is 5.75 Å². The van der Waals surface area contributed by atoms with Crippen LogP contribution in [0, 0.1) is 11.3 Å². The summed E-state index contributed by atoms with van der Waals surface area (Å²) in [6.07, 6.45) is -0.470. The Morgan fingerprint density at radius 2 is 1.54 bits per heavy atom. The van der Waals surface area contributed by atoms with Gasteiger partial charge in [0.15, 0.2) is 0 Å². The maximum absolute atomic E-state index is 13.4. The Kier molecular flexibility index (Phi) is 9.70. The number of rotatable bonds is 11. The van der Waals surface area contributed by atoms with Gasteiger partial charge in [-0.1, -0.05) is 83.1 Å². The lowest BCUT2D eigenvalue weighted by atomic mass is 9.88. The second-order valence-electron chi connectivity index (χ2n) is 10.9. The largest absolute Gasteiger partial charge is 0.493 e. The van der Waals surface area contributed by atoms with E-state index in [0.717, 1.165) is 27.6 Å². The van der Waals surface area contributed by atoms with Gasteiger partial charge in [0.2, 0.25) is 5.91 Å². The molecule has 6 heteroatoms. The topological polar surface area (TPSA) is 73.9 Å². The zero-order valence-electron chi connectivity index (χ0n) is 22.7. The van der Waals surface area contributed by atoms with Crippen molar-refractivity contribution in [3.8, 4) is 5.75 Å². The second kappa shape index (κ2) is 12.7. The maximum Gasteiger partial charge on any atom is 0.328 e. The molecule has 0 spiro atoms. The summed E-state index contributed by atoms with van der Waals surface area (Å²) in [4.78, 5) is 26.0. The van der Waals surface area contributed by atoms with E-state index in [0.29, 0.717) is 18.9 Å². The second-order valence-corrected chi connectivity index (χ2v) is 10.9. The highest BCUT2D eigenvalue weighted by molar-refractivity contribution is 5.87. The van der Waals surface area contributed by atoms with Gasteiger partial charge < -0.3 is 19.5 Å². The summed E-state index contributed by atoms with van der Waals surface area (Å²) >= 11 is 0. The van der Waals surface area contributed by atoms with Gasteiger partial charge in [0.05, 0.1) is 20.3 Å². The first-order chi connectivity index (χ1) is 17.6. The predicted octanol–water partition coefficient (Wildman–Crippen LogP) is 5.71. The van der Waals surface area contributed by atoms with Crippen molar-refractivity contribution >= 4 is 22.6 Å². The lowest BCUT2D eigenvalue weighted by Crippen LogP contribution is -2.51. The molecule has 198 valence electrons. The number of carbonyl (C=O) groups excluding carboxylic acids is 2. The van der Waals surface area contributed by atoms with Crippen LogP contribution in [0.15, 0.2) is 66.7 Å². The first kappa shape index (κ1) is 28.2. The van der Waals surface area contributed by atoms with Gasteiger partial charge in [0.25, 0.3) is 0 Å². The van der Waals surface area contributed by atoms with E-state index in [2.05, 4.69) is 37.4 Å². The molecule has 0 radical (unpaired) electrons. The Balaban J connectivity index is 1.69. The van der Waals surface area contributed by atoms with Crippen molar-refractivity contribution < 1.29 is 23.8 Å². The molecule has 3 aromatic rings. The molecule has 6 nitrogen and oxygen atoms in total. The number of methoxy groups -OCH3 is 1. The summed E-state index contributed by atoms with van der Waals surface area (Å²) < 4.78 is 16.9. The number of fused-ring (bicyclic) bond motifs is 1. The van der Waals surface area contributed by atoms with Crippen molar-refractivity contribution in [2.75, 3.05) is 13.7 Å². The molecule has 0 saturated carbocycles. The van der Waals surface area contributed by atoms with Gasteiger partial charge in [0.1, 0.15) is 17.9 Å². The van der Waals surface area contributed by atoms with Crippen molar-refractivity contribution in [3.05, 3.63) is 77.9 Å². The zero-order valence-corrected chi connectivity index (χ0v) is 22.7. The van der Waals surface area contributed by atoms with Crippen molar-refractivity contribution in [2.24, 2.45) is 11.3 Å². The number of amides is 1. The molecular weight excluding hydrogens is 466 g/mol. The van der Waals surface area contributed by atoms with Crippen LogP contribution in [0.3, 0.4) is 0 Å². The van der Waals surface area contributed by atoms with Gasteiger partial charge in [-0.15, -0.1) is 0 Å². The molecule has 0 aliphatic rings. The lowest BCUT2D eigenvalue weighted by molar-refractivity contribution is -0.150. The Morgan fingerprint density at radius 1 is 0.892 bits per heavy atom. The fourth-order valence-corrected chi connectivity index (χ4v) is 4.03. The first-order valence-electron chi connectivity index (χ1n) is 12.8. The number of hydrogen-bond donors (Lipinski definition) is 1. The third-order valence-electron chi connectivity index (χ3n) is 6.00. The molecule has 0 heterocycles. The zero-order chi connectivity index (χ0) is 27.0. The molecule has 0 saturated heterocycles. The molecule has 1 amide bonds. The van der Waals surface area contributed by atoms with Crippen LogP contribution in [0.2, 0.25) is 0 Å². The highest BCUT2D eigenvalue weighted by Gasteiger charge is 2.35. The number of benzene rings is 3. The monoisotopic (exact) mass is 505 g/mol. The van der Waals surface area contributed by atoms with Crippen molar-refractivity contribution in [2.45, 2.75) is 59.8 Å². The van der Waals surface area contributed by atoms with Gasteiger partial charge in [-0.3, -0.25) is 4.79 Å². The number of nitrogens with one attached hydrogen (secondary N) is 1. The van der Waals surface area contributed by atoms with E-state index < -0.39 is 23.5 Å². The van der Waals surface area contributed by atoms with Gasteiger partial charge in [-0.25, -0.2) is 4.79 Å². The van der Waals surface area contributed by atoms with Gasteiger partial charge in [-0.2, -0.15) is 0 Å². The van der Waals surface area contributed by atoms with Crippen LogP contribution in [0.1, 0.15) is 45.7 Å². The molecule has 0 fully saturated rings. The summed E-state index contributed by atoms with van der Waals surface area (Å²) in [6.45, 7) is 10.9. The summed E-state index contributed by atoms with van der Waals surface area (Å²) in [5, 5.41) is 5.14. The SMILES string of the molecule is COC(=O)C(Cc1ccc(OCC(C)C)cc1)NC(=O)[C@@H](OCc1ccc2ccccc2c1)C(C)(C)C. The number of esters is 1. The molecule has 37 heavy (non-hydrogen) atoms. The average Bonchev–Trinajstić information content (AvgIpc) is 2.86. The van der Waals surface area contributed by atoms with Crippen LogP contribution in [0.4, 0.5) is 0 Å². The van der Waals surface area contributed by atoms with Gasteiger partial charge >= 0.3 is 5.97 Å². The average molecular weight is 506 g/mol. The Bertz CT molecular complexity index is 1180. The Morgan fingerprint density at radius 3 is 2.16 bits per heavy atom. The smallest absolute Gasteiger partial charge is 0.328 e. The van der Waals surface area contributed by atoms with Gasteiger partial charge in [0, 0.05) is 6.42 Å². The normalized spacial score (nSPS) is 13.3. The van der Waals surface area contributed by atoms with Crippen molar-refractivity contribution in [3.63, 3.8) is 0 Å². The fraction of sp³-hybridized carbons (Fsp3) is 0.419. The van der Waals surface area contributed by atoms with Gasteiger partial charge in [-0.05, 0) is 51.4 Å². The molecule has 0 aromatic heterocycles. The van der Waals surface area contributed by atoms with Crippen LogP contribution >= 0.6 is 0 Å². The van der Waals surface area contributed by atoms with Crippen molar-refractivity contribution in [1.29, 1.82) is 0 Å². The quantitative estimate of drug-likeness (QED) is 0.338. The minimum Gasteiger partial charge on any atom is -0.493 e. The molecule has 0 aliphatic heterocycles. The molecule has 1 unspecified atom stereocenters. The van der Waals surface area contributed by atoms with E-state index in [9.17, 15) is 9.59 Å². The molecule has 0 aliphatic carbocycles. The maximum atomic E-state index is 13.4. The van der Waals surface area contributed by atoms with Crippen LogP contribution in [-0.2, 0) is 32.1 Å². The molecule has 3 aromatic carbocycles. The van der Waals surface area contributed by atoms with E-state index in [1.807, 2.05) is 69.3 Å². The predicted molar refractivity (Wildman–Crippen MR) is 146 cm³/mol. The molecular formula is C31H39NO5. The highest BCUT2D eigenvalue weighted by atomic mass is 16.5. The van der Waals surface area contributed by atoms with Crippen LogP contribution in [-0.4, -0.2) is 37.7 Å². The molecule has 2 atom stereocenters. The summed E-state index contributed by atoms with van der Waals surface area (Å²) in [5.74, 6) is 0.347. The summed E-state index contributed by atoms with van der Waals surface area (Å²) in [7, 11) is 1.32. The van der Waals surface area contributed by atoms with Crippen LogP contribution < -0.4 is 10.1 Å². The number of hydrogen-bond acceptors (Lipinski definition) is 5. The Labute approximate surface area is 220 Å². The molecule has 1 N–H and O–H groups in total.